The minimum Gasteiger partial charge on any atom is -0.344 e. The molecule has 0 aromatic rings. The Morgan fingerprint density at radius 3 is 2.82 bits per heavy atom. The first kappa shape index (κ1) is 8.63. The first-order valence-electron chi connectivity index (χ1n) is 3.23. The molecule has 1 fully saturated rings. The van der Waals surface area contributed by atoms with Crippen molar-refractivity contribution in [3.63, 3.8) is 0 Å². The van der Waals surface area contributed by atoms with Crippen molar-refractivity contribution < 1.29 is 13.6 Å². The van der Waals surface area contributed by atoms with Crippen LogP contribution in [0, 0.1) is 0 Å². The van der Waals surface area contributed by atoms with Crippen LogP contribution < -0.4 is 4.72 Å². The summed E-state index contributed by atoms with van der Waals surface area (Å²) in [6, 6.07) is -0.481. The normalized spacial score (nSPS) is 27.6. The van der Waals surface area contributed by atoms with Crippen LogP contribution in [0.15, 0.2) is 0 Å². The molecule has 0 spiro atoms. The fourth-order valence-corrected chi connectivity index (χ4v) is 1.52. The van der Waals surface area contributed by atoms with Gasteiger partial charge in [-0.2, -0.15) is 0 Å². The Balaban J connectivity index is 2.49. The molecule has 1 saturated heterocycles. The highest BCUT2D eigenvalue weighted by atomic mass is 32.2. The van der Waals surface area contributed by atoms with Gasteiger partial charge in [-0.05, 0) is 6.42 Å². The summed E-state index contributed by atoms with van der Waals surface area (Å²) in [4.78, 5) is 12.6. The lowest BCUT2D eigenvalue weighted by molar-refractivity contribution is -0.127. The number of carbonyl (C=O) groups excluding carboxylic acids is 1. The Labute approximate surface area is 67.2 Å². The average Bonchev–Trinajstić information content (AvgIpc) is 2.18. The number of amides is 1. The van der Waals surface area contributed by atoms with Crippen molar-refractivity contribution in [3.8, 4) is 0 Å². The van der Waals surface area contributed by atoms with Gasteiger partial charge in [0.05, 0.1) is 0 Å². The SMILES string of the molecule is CN1CC[C@H](NS(=O)O)C1=O. The molecule has 1 heterocycles. The third-order valence-electron chi connectivity index (χ3n) is 1.67. The maximum Gasteiger partial charge on any atom is 0.240 e. The van der Waals surface area contributed by atoms with E-state index >= 15 is 0 Å². The molecule has 2 N–H and O–H groups in total. The fourth-order valence-electron chi connectivity index (χ4n) is 1.05. The number of likely N-dealkylation sites (N-methyl/N-ethyl adjacent to an activating group) is 1. The Morgan fingerprint density at radius 2 is 2.45 bits per heavy atom. The Morgan fingerprint density at radius 1 is 1.82 bits per heavy atom. The van der Waals surface area contributed by atoms with Crippen LogP contribution in [-0.4, -0.2) is 39.2 Å². The quantitative estimate of drug-likeness (QED) is 0.530. The van der Waals surface area contributed by atoms with Crippen LogP contribution in [0.3, 0.4) is 0 Å². The molecule has 0 aliphatic carbocycles. The lowest BCUT2D eigenvalue weighted by atomic mass is 10.3. The molecule has 0 aromatic carbocycles. The van der Waals surface area contributed by atoms with E-state index in [1.807, 2.05) is 0 Å². The molecule has 0 radical (unpaired) electrons. The zero-order chi connectivity index (χ0) is 8.43. The predicted molar refractivity (Wildman–Crippen MR) is 39.9 cm³/mol. The smallest absolute Gasteiger partial charge is 0.240 e. The van der Waals surface area contributed by atoms with Crippen molar-refractivity contribution in [1.29, 1.82) is 0 Å². The summed E-state index contributed by atoms with van der Waals surface area (Å²) in [5.41, 5.74) is 0. The summed E-state index contributed by atoms with van der Waals surface area (Å²) in [6.45, 7) is 0.647. The first-order chi connectivity index (χ1) is 5.11. The molecule has 1 amide bonds. The third-order valence-corrected chi connectivity index (χ3v) is 2.16. The molecule has 1 aliphatic heterocycles. The molecule has 11 heavy (non-hydrogen) atoms. The van der Waals surface area contributed by atoms with Gasteiger partial charge in [0, 0.05) is 13.6 Å². The largest absolute Gasteiger partial charge is 0.344 e. The zero-order valence-electron chi connectivity index (χ0n) is 6.11. The lowest BCUT2D eigenvalue weighted by Gasteiger charge is -2.08. The molecule has 64 valence electrons. The van der Waals surface area contributed by atoms with Gasteiger partial charge in [-0.25, -0.2) is 8.93 Å². The van der Waals surface area contributed by atoms with Gasteiger partial charge in [0.25, 0.3) is 0 Å². The highest BCUT2D eigenvalue weighted by Gasteiger charge is 2.29. The number of hydrogen-bond acceptors (Lipinski definition) is 2. The summed E-state index contributed by atoms with van der Waals surface area (Å²) in [7, 11) is 1.67. The van der Waals surface area contributed by atoms with Crippen LogP contribution in [0.1, 0.15) is 6.42 Å². The van der Waals surface area contributed by atoms with Crippen molar-refractivity contribution in [1.82, 2.24) is 9.62 Å². The molecule has 0 bridgehead atoms. The van der Waals surface area contributed by atoms with Gasteiger partial charge >= 0.3 is 0 Å². The molecular weight excluding hydrogens is 168 g/mol. The van der Waals surface area contributed by atoms with Crippen LogP contribution in [0.2, 0.25) is 0 Å². The van der Waals surface area contributed by atoms with E-state index in [2.05, 4.69) is 4.72 Å². The van der Waals surface area contributed by atoms with E-state index in [9.17, 15) is 9.00 Å². The standard InChI is InChI=1S/C5H10N2O3S/c1-7-3-2-4(5(7)8)6-11(9)10/h4,6H,2-3H2,1H3,(H,9,10)/t4-/m0/s1. The van der Waals surface area contributed by atoms with E-state index in [0.29, 0.717) is 13.0 Å². The van der Waals surface area contributed by atoms with Gasteiger partial charge in [-0.15, -0.1) is 0 Å². The number of hydrogen-bond donors (Lipinski definition) is 2. The lowest BCUT2D eigenvalue weighted by Crippen LogP contribution is -2.37. The van der Waals surface area contributed by atoms with E-state index in [-0.39, 0.29) is 5.91 Å². The van der Waals surface area contributed by atoms with Gasteiger partial charge in [0.15, 0.2) is 0 Å². The average molecular weight is 178 g/mol. The molecule has 6 heteroatoms. The Kier molecular flexibility index (Phi) is 2.58. The Bertz CT molecular complexity index is 196. The molecule has 1 aliphatic rings. The van der Waals surface area contributed by atoms with Gasteiger partial charge in [-0.3, -0.25) is 9.35 Å². The second-order valence-corrected chi connectivity index (χ2v) is 3.20. The number of carbonyl (C=O) groups is 1. The molecule has 2 atom stereocenters. The van der Waals surface area contributed by atoms with Crippen molar-refractivity contribution in [2.24, 2.45) is 0 Å². The van der Waals surface area contributed by atoms with E-state index in [4.69, 9.17) is 4.55 Å². The minimum absolute atomic E-state index is 0.118. The molecule has 1 rings (SSSR count). The molecule has 1 unspecified atom stereocenters. The molecule has 5 nitrogen and oxygen atoms in total. The number of nitrogens with zero attached hydrogens (tertiary/aromatic N) is 1. The summed E-state index contributed by atoms with van der Waals surface area (Å²) in [5.74, 6) is -0.118. The highest BCUT2D eigenvalue weighted by molar-refractivity contribution is 7.77. The van der Waals surface area contributed by atoms with Crippen LogP contribution in [0.25, 0.3) is 0 Å². The van der Waals surface area contributed by atoms with Gasteiger partial charge < -0.3 is 4.90 Å². The van der Waals surface area contributed by atoms with Crippen molar-refractivity contribution in [2.75, 3.05) is 13.6 Å². The maximum absolute atomic E-state index is 11.1. The van der Waals surface area contributed by atoms with Crippen LogP contribution in [0.4, 0.5) is 0 Å². The highest BCUT2D eigenvalue weighted by Crippen LogP contribution is 2.07. The fraction of sp³-hybridized carbons (Fsp3) is 0.800. The second kappa shape index (κ2) is 3.29. The summed E-state index contributed by atoms with van der Waals surface area (Å²) in [5, 5.41) is 0. The third kappa shape index (κ3) is 1.98. The van der Waals surface area contributed by atoms with E-state index < -0.39 is 17.3 Å². The van der Waals surface area contributed by atoms with Crippen molar-refractivity contribution in [3.05, 3.63) is 0 Å². The van der Waals surface area contributed by atoms with Gasteiger partial charge in [0.2, 0.25) is 17.2 Å². The predicted octanol–water partition coefficient (Wildman–Crippen LogP) is -1.06. The van der Waals surface area contributed by atoms with Crippen molar-refractivity contribution >= 4 is 17.2 Å². The first-order valence-corrected chi connectivity index (χ1v) is 4.34. The molecule has 0 aromatic heterocycles. The van der Waals surface area contributed by atoms with Crippen LogP contribution >= 0.6 is 0 Å². The van der Waals surface area contributed by atoms with Crippen molar-refractivity contribution in [2.45, 2.75) is 12.5 Å². The van der Waals surface area contributed by atoms with E-state index in [1.54, 1.807) is 7.05 Å². The van der Waals surface area contributed by atoms with Gasteiger partial charge in [-0.1, -0.05) is 0 Å². The summed E-state index contributed by atoms with van der Waals surface area (Å²) < 4.78 is 20.9. The minimum atomic E-state index is -2.09. The molecular formula is C5H10N2O3S. The molecule has 0 saturated carbocycles. The number of likely N-dealkylation sites (tertiary alicyclic amines) is 1. The Hall–Kier alpha value is -0.460. The zero-order valence-corrected chi connectivity index (χ0v) is 6.93. The van der Waals surface area contributed by atoms with E-state index in [1.165, 1.54) is 4.90 Å². The van der Waals surface area contributed by atoms with Crippen LogP contribution in [0.5, 0.6) is 0 Å². The number of nitrogens with one attached hydrogen (secondary N) is 1. The monoisotopic (exact) mass is 178 g/mol. The van der Waals surface area contributed by atoms with Crippen LogP contribution in [-0.2, 0) is 16.1 Å². The summed E-state index contributed by atoms with van der Waals surface area (Å²) >= 11 is -2.09. The summed E-state index contributed by atoms with van der Waals surface area (Å²) in [6.07, 6.45) is 0.599. The number of rotatable bonds is 2. The maximum atomic E-state index is 11.1. The van der Waals surface area contributed by atoms with E-state index in [0.717, 1.165) is 0 Å². The topological polar surface area (TPSA) is 69.6 Å². The van der Waals surface area contributed by atoms with Gasteiger partial charge in [0.1, 0.15) is 6.04 Å². The second-order valence-electron chi connectivity index (χ2n) is 2.47.